The highest BCUT2D eigenvalue weighted by Gasteiger charge is 2.52. The van der Waals surface area contributed by atoms with Gasteiger partial charge in [0.15, 0.2) is 18.1 Å². The summed E-state index contributed by atoms with van der Waals surface area (Å²) in [6, 6.07) is -0.782. The third-order valence-electron chi connectivity index (χ3n) is 12.5. The van der Waals surface area contributed by atoms with Crippen LogP contribution in [0.3, 0.4) is 0 Å². The van der Waals surface area contributed by atoms with E-state index >= 15 is 0 Å². The van der Waals surface area contributed by atoms with Crippen LogP contribution < -0.4 is 48.7 Å². The molecule has 4 heterocycles. The van der Waals surface area contributed by atoms with Crippen LogP contribution in [-0.2, 0) is 39.9 Å². The quantitative estimate of drug-likeness (QED) is 0.0994. The van der Waals surface area contributed by atoms with Crippen molar-refractivity contribution < 1.29 is 74.4 Å². The van der Waals surface area contributed by atoms with Crippen LogP contribution in [0.1, 0.15) is 24.0 Å². The maximum atomic E-state index is 14.8. The van der Waals surface area contributed by atoms with Gasteiger partial charge in [-0.1, -0.05) is 37.3 Å². The molecule has 6 amide bonds. The summed E-state index contributed by atoms with van der Waals surface area (Å²) in [5.74, 6) is -8.48. The number of carbonyl (C=O) groups is 6. The van der Waals surface area contributed by atoms with E-state index in [2.05, 4.69) is 79.1 Å². The van der Waals surface area contributed by atoms with E-state index in [1.807, 2.05) is 0 Å². The van der Waals surface area contributed by atoms with Crippen molar-refractivity contribution in [1.82, 2.24) is 42.1 Å². The predicted octanol–water partition coefficient (Wildman–Crippen LogP) is -7.38. The molecule has 2 aromatic rings. The number of aliphatic hydroxyl groups excluding tert-OH is 7. The number of amides is 6. The average Bonchev–Trinajstić information content (AvgIpc) is 3.97. The second kappa shape index (κ2) is 23.6. The number of carbonyl (C=O) groups excluding carboxylic acids is 6. The van der Waals surface area contributed by atoms with E-state index in [4.69, 9.17) is 16.2 Å². The average molecular weight is 1130 g/mol. The van der Waals surface area contributed by atoms with Crippen LogP contribution in [0.25, 0.3) is 0 Å². The number of hydrogen-bond donors (Lipinski definition) is 17. The van der Waals surface area contributed by atoms with Gasteiger partial charge in [0.25, 0.3) is 0 Å². The molecule has 71 heavy (non-hydrogen) atoms. The zero-order valence-corrected chi connectivity index (χ0v) is 40.8. The minimum Gasteiger partial charge on any atom is -0.506 e. The number of phenols is 1. The molecule has 0 saturated carbocycles. The number of ether oxygens (including phenoxy) is 1. The Morgan fingerprint density at radius 1 is 0.732 bits per heavy atom. The van der Waals surface area contributed by atoms with Crippen molar-refractivity contribution in [2.75, 3.05) is 32.8 Å². The normalized spacial score (nSPS) is 31.7. The molecule has 6 rings (SSSR count). The highest BCUT2D eigenvalue weighted by atomic mass is 79.9. The second-order valence-corrected chi connectivity index (χ2v) is 18.9. The number of hydrogen-bond acceptors (Lipinski definition) is 21. The summed E-state index contributed by atoms with van der Waals surface area (Å²) in [6.45, 7) is -1.94. The summed E-state index contributed by atoms with van der Waals surface area (Å²) in [5.41, 5.74) is 12.9. The molecule has 0 spiro atoms. The molecule has 5 unspecified atom stereocenters. The Labute approximate surface area is 421 Å². The molecule has 19 N–H and O–H groups in total. The number of aromatic hydroxyl groups is 1. The van der Waals surface area contributed by atoms with Crippen LogP contribution in [0.15, 0.2) is 61.4 Å². The monoisotopic (exact) mass is 1130 g/mol. The van der Waals surface area contributed by atoms with Gasteiger partial charge in [-0.25, -0.2) is 0 Å². The predicted molar refractivity (Wildman–Crippen MR) is 253 cm³/mol. The minimum absolute atomic E-state index is 0.150. The number of guanidine groups is 2. The van der Waals surface area contributed by atoms with Crippen molar-refractivity contribution in [3.63, 3.8) is 0 Å². The third-order valence-corrected chi connectivity index (χ3v) is 13.7. The van der Waals surface area contributed by atoms with Crippen molar-refractivity contribution in [1.29, 1.82) is 0 Å². The number of aliphatic imine (C=N–C) groups is 2. The van der Waals surface area contributed by atoms with E-state index in [0.29, 0.717) is 11.1 Å². The van der Waals surface area contributed by atoms with E-state index < -0.39 is 159 Å². The summed E-state index contributed by atoms with van der Waals surface area (Å²) in [5, 5.41) is 104. The van der Waals surface area contributed by atoms with E-state index in [1.54, 1.807) is 37.3 Å². The number of phenolic OH excluding ortho intramolecular Hbond substituents is 1. The minimum atomic E-state index is -2.27. The molecular formula is C42H56Br2N12O15. The second-order valence-electron chi connectivity index (χ2n) is 17.2. The number of benzene rings is 2. The lowest BCUT2D eigenvalue weighted by atomic mass is 9.92. The summed E-state index contributed by atoms with van der Waals surface area (Å²) < 4.78 is 6.03. The fraction of sp³-hybridized carbons (Fsp3) is 0.524. The van der Waals surface area contributed by atoms with E-state index in [-0.39, 0.29) is 33.6 Å². The first-order valence-electron chi connectivity index (χ1n) is 22.1. The molecule has 388 valence electrons. The lowest BCUT2D eigenvalue weighted by Crippen LogP contribution is -2.70. The molecule has 2 fully saturated rings. The molecule has 2 saturated heterocycles. The van der Waals surface area contributed by atoms with Crippen molar-refractivity contribution in [3.8, 4) is 5.75 Å². The van der Waals surface area contributed by atoms with E-state index in [9.17, 15) is 69.6 Å². The molecule has 0 radical (unpaired) electrons. The van der Waals surface area contributed by atoms with Gasteiger partial charge in [0.1, 0.15) is 72.6 Å². The number of nitrogens with zero attached hydrogens (tertiary/aromatic N) is 3. The summed E-state index contributed by atoms with van der Waals surface area (Å²) in [4.78, 5) is 94.6. The van der Waals surface area contributed by atoms with Gasteiger partial charge in [-0.2, -0.15) is 0 Å². The van der Waals surface area contributed by atoms with Crippen LogP contribution in [-0.4, -0.2) is 211 Å². The fourth-order valence-corrected chi connectivity index (χ4v) is 9.73. The van der Waals surface area contributed by atoms with Crippen LogP contribution >= 0.6 is 31.9 Å². The first kappa shape index (κ1) is 54.6. The summed E-state index contributed by atoms with van der Waals surface area (Å²) in [7, 11) is 0. The van der Waals surface area contributed by atoms with Gasteiger partial charge in [0, 0.05) is 12.3 Å². The Morgan fingerprint density at radius 2 is 1.34 bits per heavy atom. The molecular weight excluding hydrogens is 1070 g/mol. The molecule has 4 aliphatic heterocycles. The van der Waals surface area contributed by atoms with Crippen LogP contribution in [0, 0.1) is 0 Å². The van der Waals surface area contributed by atoms with Crippen molar-refractivity contribution in [2.45, 2.75) is 104 Å². The largest absolute Gasteiger partial charge is 0.506 e. The van der Waals surface area contributed by atoms with Gasteiger partial charge in [0.2, 0.25) is 35.4 Å². The van der Waals surface area contributed by atoms with Gasteiger partial charge in [-0.3, -0.25) is 38.8 Å². The molecule has 0 aromatic heterocycles. The lowest BCUT2D eigenvalue weighted by molar-refractivity contribution is -0.260. The van der Waals surface area contributed by atoms with Crippen molar-refractivity contribution >= 4 is 79.2 Å². The summed E-state index contributed by atoms with van der Waals surface area (Å²) in [6.07, 6.45) is -13.6. The molecule has 0 aliphatic carbocycles. The first-order valence-corrected chi connectivity index (χ1v) is 23.7. The molecule has 2 aromatic carbocycles. The Hall–Kier alpha value is -5.76. The van der Waals surface area contributed by atoms with Crippen molar-refractivity contribution in [2.24, 2.45) is 21.5 Å². The smallest absolute Gasteiger partial charge is 0.246 e. The number of aliphatic hydroxyl groups is 7. The maximum absolute atomic E-state index is 14.8. The molecule has 15 atom stereocenters. The van der Waals surface area contributed by atoms with Gasteiger partial charge in [0.05, 0.1) is 53.9 Å². The highest BCUT2D eigenvalue weighted by molar-refractivity contribution is 9.11. The molecule has 27 nitrogen and oxygen atoms in total. The molecule has 0 bridgehead atoms. The maximum Gasteiger partial charge on any atom is 0.246 e. The zero-order valence-electron chi connectivity index (χ0n) is 37.6. The van der Waals surface area contributed by atoms with Gasteiger partial charge < -0.3 is 99.2 Å². The van der Waals surface area contributed by atoms with E-state index in [1.165, 1.54) is 12.1 Å². The van der Waals surface area contributed by atoms with Crippen LogP contribution in [0.5, 0.6) is 5.75 Å². The Balaban J connectivity index is 1.43. The lowest BCUT2D eigenvalue weighted by Gasteiger charge is -2.46. The number of halogens is 2. The van der Waals surface area contributed by atoms with Gasteiger partial charge >= 0.3 is 0 Å². The number of rotatable bonds is 11. The summed E-state index contributed by atoms with van der Waals surface area (Å²) >= 11 is 6.50. The van der Waals surface area contributed by atoms with Crippen LogP contribution in [0.4, 0.5) is 0 Å². The first-order chi connectivity index (χ1) is 33.6. The highest BCUT2D eigenvalue weighted by Crippen LogP contribution is 2.34. The Kier molecular flexibility index (Phi) is 18.2. The van der Waals surface area contributed by atoms with E-state index in [0.717, 1.165) is 4.90 Å². The van der Waals surface area contributed by atoms with Gasteiger partial charge in [-0.05, 0) is 55.1 Å². The van der Waals surface area contributed by atoms with Gasteiger partial charge in [-0.15, -0.1) is 0 Å². The topological polar surface area (TPSA) is 438 Å². The Morgan fingerprint density at radius 3 is 1.96 bits per heavy atom. The fourth-order valence-electron chi connectivity index (χ4n) is 8.44. The van der Waals surface area contributed by atoms with Crippen LogP contribution in [0.2, 0.25) is 0 Å². The Bertz CT molecular complexity index is 2350. The number of nitrogens with two attached hydrogens (primary N) is 2. The molecule has 29 heteroatoms. The standard InChI is InChI=1S/C42H56Br2N12O15/c1-15(17-5-3-2-4-6-17)26-37(68)50-20(9-16-7-18(43)29(60)19(44)8-16)36(67)54-27(30(61)21-10-48-41(45)52-21)39(70)55-28(38(69)51-22(13-57)35(66)47-12-25(59)53-26)31(62)23-11-49-42(46)56(23)40-34(65)33(64)32(63)24(14-58)71-40/h2-8,15,20-24,26-28,30-34,40,57-58,60-65H,9-14H2,1H3,(H2,46,49)(H,47,66)(H,50,68)(H,51,69)(H,53,59)(H,54,67)(H,55,70)(H3,45,48,52)/t15?,20-,21?,22+,23?,24-,26+,27+,28-,30?,31?,32-,33+,34+,40+/m1/s1. The zero-order chi connectivity index (χ0) is 52.0. The molecule has 4 aliphatic rings. The third kappa shape index (κ3) is 12.5. The number of nitrogens with one attached hydrogen (secondary N) is 7. The van der Waals surface area contributed by atoms with Crippen molar-refractivity contribution in [3.05, 3.63) is 62.5 Å². The SMILES string of the molecule is CC(c1ccccc1)[C@@H]1NC(=O)CNC(=O)[C@H](CO)NC(=O)[C@@H](C(O)C2CN=C(N)N2[C@H]2O[C@H](CO)[C@@H](O)[C@H](O)[C@@H]2O)NC(=O)[C@H](C(O)C2CN=C(N)N2)NC(=O)[C@@H](Cc2cc(Br)c(O)c(Br)c2)NC1=O.